The highest BCUT2D eigenvalue weighted by atomic mass is 15.2. The first-order valence-electron chi connectivity index (χ1n) is 6.74. The first-order valence-corrected chi connectivity index (χ1v) is 6.74. The second kappa shape index (κ2) is 5.31. The fourth-order valence-electron chi connectivity index (χ4n) is 2.71. The Hall–Kier alpha value is -0.0800. The van der Waals surface area contributed by atoms with Crippen LogP contribution < -0.4 is 5.32 Å². The van der Waals surface area contributed by atoms with Gasteiger partial charge in [0, 0.05) is 18.6 Å². The standard InChI is InChI=1S/C13H26N2/c1-11(2)15(10-12-5-6-12)13-4-3-8-14-9-7-13/h11-14H,3-10H2,1-2H3. The summed E-state index contributed by atoms with van der Waals surface area (Å²) in [5, 5.41) is 3.51. The molecule has 1 N–H and O–H groups in total. The van der Waals surface area contributed by atoms with E-state index < -0.39 is 0 Å². The molecule has 2 aliphatic rings. The van der Waals surface area contributed by atoms with Gasteiger partial charge in [-0.25, -0.2) is 0 Å². The summed E-state index contributed by atoms with van der Waals surface area (Å²) >= 11 is 0. The molecule has 0 bridgehead atoms. The third-order valence-electron chi connectivity index (χ3n) is 3.84. The summed E-state index contributed by atoms with van der Waals surface area (Å²) in [4.78, 5) is 2.77. The van der Waals surface area contributed by atoms with Crippen molar-refractivity contribution in [2.75, 3.05) is 19.6 Å². The topological polar surface area (TPSA) is 15.3 Å². The molecule has 0 aromatic carbocycles. The summed E-state index contributed by atoms with van der Waals surface area (Å²) in [7, 11) is 0. The molecule has 0 amide bonds. The zero-order valence-corrected chi connectivity index (χ0v) is 10.3. The van der Waals surface area contributed by atoms with E-state index in [1.165, 1.54) is 51.7 Å². The van der Waals surface area contributed by atoms with Gasteiger partial charge in [-0.2, -0.15) is 0 Å². The largest absolute Gasteiger partial charge is 0.317 e. The SMILES string of the molecule is CC(C)N(CC1CC1)C1CCCNCC1. The molecule has 0 spiro atoms. The molecule has 2 fully saturated rings. The molecule has 0 radical (unpaired) electrons. The molecule has 88 valence electrons. The van der Waals surface area contributed by atoms with Gasteiger partial charge in [-0.3, -0.25) is 4.90 Å². The van der Waals surface area contributed by atoms with Gasteiger partial charge in [-0.1, -0.05) is 0 Å². The second-order valence-corrected chi connectivity index (χ2v) is 5.57. The van der Waals surface area contributed by atoms with Crippen LogP contribution in [0.2, 0.25) is 0 Å². The van der Waals surface area contributed by atoms with Crippen LogP contribution in [0.5, 0.6) is 0 Å². The van der Waals surface area contributed by atoms with Crippen LogP contribution in [0.1, 0.15) is 46.0 Å². The van der Waals surface area contributed by atoms with Crippen LogP contribution in [0, 0.1) is 5.92 Å². The van der Waals surface area contributed by atoms with Crippen LogP contribution in [-0.2, 0) is 0 Å². The molecule has 2 nitrogen and oxygen atoms in total. The Kier molecular flexibility index (Phi) is 4.04. The molecule has 1 aliphatic carbocycles. The fourth-order valence-corrected chi connectivity index (χ4v) is 2.71. The Labute approximate surface area is 94.4 Å². The molecule has 1 heterocycles. The maximum atomic E-state index is 3.51. The minimum absolute atomic E-state index is 0.730. The van der Waals surface area contributed by atoms with Crippen LogP contribution in [0.15, 0.2) is 0 Å². The molecule has 1 saturated carbocycles. The number of nitrogens with one attached hydrogen (secondary N) is 1. The fraction of sp³-hybridized carbons (Fsp3) is 1.00. The highest BCUT2D eigenvalue weighted by molar-refractivity contribution is 4.84. The van der Waals surface area contributed by atoms with Crippen molar-refractivity contribution < 1.29 is 0 Å². The molecular weight excluding hydrogens is 184 g/mol. The van der Waals surface area contributed by atoms with Crippen molar-refractivity contribution in [1.82, 2.24) is 10.2 Å². The van der Waals surface area contributed by atoms with Crippen molar-refractivity contribution in [3.05, 3.63) is 0 Å². The quantitative estimate of drug-likeness (QED) is 0.765. The van der Waals surface area contributed by atoms with Gasteiger partial charge < -0.3 is 5.32 Å². The van der Waals surface area contributed by atoms with Crippen LogP contribution in [-0.4, -0.2) is 36.6 Å². The predicted octanol–water partition coefficient (Wildman–Crippen LogP) is 2.25. The van der Waals surface area contributed by atoms with E-state index in [0.717, 1.165) is 18.0 Å². The van der Waals surface area contributed by atoms with Crippen LogP contribution >= 0.6 is 0 Å². The third kappa shape index (κ3) is 3.46. The van der Waals surface area contributed by atoms with Gasteiger partial charge in [0.25, 0.3) is 0 Å². The molecule has 0 aromatic heterocycles. The van der Waals surface area contributed by atoms with Gasteiger partial charge in [0.05, 0.1) is 0 Å². The van der Waals surface area contributed by atoms with E-state index in [2.05, 4.69) is 24.1 Å². The summed E-state index contributed by atoms with van der Waals surface area (Å²) in [6, 6.07) is 1.58. The molecule has 2 rings (SSSR count). The van der Waals surface area contributed by atoms with Crippen LogP contribution in [0.3, 0.4) is 0 Å². The first kappa shape index (κ1) is 11.4. The molecule has 1 atom stereocenters. The average molecular weight is 210 g/mol. The first-order chi connectivity index (χ1) is 7.27. The maximum absolute atomic E-state index is 3.51. The normalized spacial score (nSPS) is 28.4. The van der Waals surface area contributed by atoms with E-state index in [-0.39, 0.29) is 0 Å². The molecule has 1 saturated heterocycles. The zero-order chi connectivity index (χ0) is 10.7. The summed E-state index contributed by atoms with van der Waals surface area (Å²) in [5.74, 6) is 1.03. The van der Waals surface area contributed by atoms with Crippen LogP contribution in [0.25, 0.3) is 0 Å². The Morgan fingerprint density at radius 1 is 1.13 bits per heavy atom. The van der Waals surface area contributed by atoms with Crippen LogP contribution in [0.4, 0.5) is 0 Å². The summed E-state index contributed by atoms with van der Waals surface area (Å²) in [5.41, 5.74) is 0. The minimum atomic E-state index is 0.730. The maximum Gasteiger partial charge on any atom is 0.0111 e. The van der Waals surface area contributed by atoms with Crippen molar-refractivity contribution in [2.45, 2.75) is 58.0 Å². The lowest BCUT2D eigenvalue weighted by molar-refractivity contribution is 0.134. The number of hydrogen-bond donors (Lipinski definition) is 1. The van der Waals surface area contributed by atoms with E-state index in [0.29, 0.717) is 0 Å². The van der Waals surface area contributed by atoms with Gasteiger partial charge in [0.15, 0.2) is 0 Å². The van der Waals surface area contributed by atoms with Gasteiger partial charge in [0.1, 0.15) is 0 Å². The Morgan fingerprint density at radius 2 is 1.93 bits per heavy atom. The summed E-state index contributed by atoms with van der Waals surface area (Å²) in [6.07, 6.45) is 7.07. The van der Waals surface area contributed by atoms with Crippen molar-refractivity contribution >= 4 is 0 Å². The predicted molar refractivity (Wildman–Crippen MR) is 65.1 cm³/mol. The Bertz CT molecular complexity index is 179. The van der Waals surface area contributed by atoms with Gasteiger partial charge in [-0.15, -0.1) is 0 Å². The molecule has 1 aliphatic heterocycles. The van der Waals surface area contributed by atoms with Gasteiger partial charge in [0.2, 0.25) is 0 Å². The highest BCUT2D eigenvalue weighted by Crippen LogP contribution is 2.32. The van der Waals surface area contributed by atoms with Gasteiger partial charge in [-0.05, 0) is 65.0 Å². The Balaban J connectivity index is 1.88. The van der Waals surface area contributed by atoms with E-state index in [9.17, 15) is 0 Å². The highest BCUT2D eigenvalue weighted by Gasteiger charge is 2.29. The number of nitrogens with zero attached hydrogens (tertiary/aromatic N) is 1. The average Bonchev–Trinajstić information content (AvgIpc) is 3.02. The van der Waals surface area contributed by atoms with E-state index >= 15 is 0 Å². The number of hydrogen-bond acceptors (Lipinski definition) is 2. The number of rotatable bonds is 4. The molecule has 15 heavy (non-hydrogen) atoms. The lowest BCUT2D eigenvalue weighted by Gasteiger charge is -2.34. The molecule has 0 aromatic rings. The smallest absolute Gasteiger partial charge is 0.0111 e. The zero-order valence-electron chi connectivity index (χ0n) is 10.3. The van der Waals surface area contributed by atoms with Gasteiger partial charge >= 0.3 is 0 Å². The Morgan fingerprint density at radius 3 is 2.60 bits per heavy atom. The van der Waals surface area contributed by atoms with Crippen molar-refractivity contribution in [1.29, 1.82) is 0 Å². The monoisotopic (exact) mass is 210 g/mol. The van der Waals surface area contributed by atoms with E-state index in [4.69, 9.17) is 0 Å². The molecule has 2 heteroatoms. The van der Waals surface area contributed by atoms with Crippen molar-refractivity contribution in [3.8, 4) is 0 Å². The van der Waals surface area contributed by atoms with Crippen molar-refractivity contribution in [3.63, 3.8) is 0 Å². The second-order valence-electron chi connectivity index (χ2n) is 5.57. The molecular formula is C13H26N2. The lowest BCUT2D eigenvalue weighted by atomic mass is 10.0. The van der Waals surface area contributed by atoms with Crippen molar-refractivity contribution in [2.24, 2.45) is 5.92 Å². The summed E-state index contributed by atoms with van der Waals surface area (Å²) in [6.45, 7) is 8.54. The third-order valence-corrected chi connectivity index (χ3v) is 3.84. The van der Waals surface area contributed by atoms with E-state index in [1.54, 1.807) is 0 Å². The lowest BCUT2D eigenvalue weighted by Crippen LogP contribution is -2.42. The minimum Gasteiger partial charge on any atom is -0.317 e. The molecule has 1 unspecified atom stereocenters. The van der Waals surface area contributed by atoms with E-state index in [1.807, 2.05) is 0 Å². The summed E-state index contributed by atoms with van der Waals surface area (Å²) < 4.78 is 0.